The molecule has 9 rings (SSSR count). The lowest BCUT2D eigenvalue weighted by Crippen LogP contribution is -2.09. The summed E-state index contributed by atoms with van der Waals surface area (Å²) in [7, 11) is 0. The molecule has 1 aromatic heterocycles. The molecule has 8 nitrogen and oxygen atoms in total. The fraction of sp³-hybridized carbons (Fsp3) is 0. The molecule has 0 radical (unpaired) electrons. The standard InChI is InChI=1S/C48H34N6O2/c55-54(56)44-31-29-43(30-32-44)53-49-47-45(35-21-25-41(26-22-35)51(37-13-5-1-6-14-37)38-15-7-2-8-16-38)33-34-46(48(47)50-53)36-23-27-42(28-24-36)52(39-17-9-3-10-18-39)40-19-11-4-12-20-40/h1-34H. The number of anilines is 6. The molecule has 0 aliphatic heterocycles. The van der Waals surface area contributed by atoms with Gasteiger partial charge in [-0.3, -0.25) is 10.1 Å². The average Bonchev–Trinajstić information content (AvgIpc) is 3.72. The van der Waals surface area contributed by atoms with Crippen LogP contribution in [0.2, 0.25) is 0 Å². The van der Waals surface area contributed by atoms with Crippen LogP contribution in [0.15, 0.2) is 206 Å². The van der Waals surface area contributed by atoms with E-state index >= 15 is 0 Å². The molecule has 0 fully saturated rings. The van der Waals surface area contributed by atoms with E-state index < -0.39 is 4.92 Å². The number of benzene rings is 8. The Morgan fingerprint density at radius 3 is 1.04 bits per heavy atom. The van der Waals surface area contributed by atoms with Crippen LogP contribution < -0.4 is 9.80 Å². The van der Waals surface area contributed by atoms with Crippen LogP contribution in [0.1, 0.15) is 0 Å². The van der Waals surface area contributed by atoms with Crippen LogP contribution in [0.5, 0.6) is 0 Å². The molecule has 0 aliphatic rings. The molecule has 56 heavy (non-hydrogen) atoms. The zero-order valence-corrected chi connectivity index (χ0v) is 30.1. The van der Waals surface area contributed by atoms with Gasteiger partial charge in [-0.2, -0.15) is 4.80 Å². The van der Waals surface area contributed by atoms with Crippen LogP contribution in [-0.4, -0.2) is 19.9 Å². The Labute approximate surface area is 323 Å². The third-order valence-electron chi connectivity index (χ3n) is 9.76. The van der Waals surface area contributed by atoms with Crippen LogP contribution in [0, 0.1) is 10.1 Å². The second-order valence-electron chi connectivity index (χ2n) is 13.2. The van der Waals surface area contributed by atoms with Gasteiger partial charge in [-0.1, -0.05) is 109 Å². The summed E-state index contributed by atoms with van der Waals surface area (Å²) in [5.41, 5.74) is 12.2. The smallest absolute Gasteiger partial charge is 0.269 e. The first-order valence-corrected chi connectivity index (χ1v) is 18.3. The number of non-ortho nitro benzene ring substituents is 1. The van der Waals surface area contributed by atoms with Crippen molar-refractivity contribution in [1.82, 2.24) is 15.0 Å². The van der Waals surface area contributed by atoms with Crippen molar-refractivity contribution in [2.75, 3.05) is 9.80 Å². The summed E-state index contributed by atoms with van der Waals surface area (Å²) >= 11 is 0. The molecule has 0 N–H and O–H groups in total. The Morgan fingerprint density at radius 2 is 0.714 bits per heavy atom. The number of para-hydroxylation sites is 4. The first-order chi connectivity index (χ1) is 27.6. The van der Waals surface area contributed by atoms with Crippen LogP contribution in [0.4, 0.5) is 39.8 Å². The minimum absolute atomic E-state index is 0.00659. The third-order valence-corrected chi connectivity index (χ3v) is 9.76. The Bertz CT molecular complexity index is 2500. The van der Waals surface area contributed by atoms with Gasteiger partial charge in [0.15, 0.2) is 0 Å². The van der Waals surface area contributed by atoms with Gasteiger partial charge in [0.05, 0.1) is 10.6 Å². The molecule has 8 aromatic carbocycles. The van der Waals surface area contributed by atoms with Crippen molar-refractivity contribution in [3.05, 3.63) is 216 Å². The summed E-state index contributed by atoms with van der Waals surface area (Å²) in [6, 6.07) is 68.7. The van der Waals surface area contributed by atoms with Gasteiger partial charge in [-0.25, -0.2) is 0 Å². The number of fused-ring (bicyclic) bond motifs is 1. The van der Waals surface area contributed by atoms with Gasteiger partial charge in [0.2, 0.25) is 0 Å². The van der Waals surface area contributed by atoms with Gasteiger partial charge < -0.3 is 9.80 Å². The van der Waals surface area contributed by atoms with Crippen LogP contribution in [0.25, 0.3) is 39.0 Å². The predicted molar refractivity (Wildman–Crippen MR) is 226 cm³/mol. The van der Waals surface area contributed by atoms with Gasteiger partial charge >= 0.3 is 0 Å². The van der Waals surface area contributed by atoms with Gasteiger partial charge in [-0.05, 0) is 96.1 Å². The number of hydrogen-bond acceptors (Lipinski definition) is 6. The van der Waals surface area contributed by atoms with Gasteiger partial charge in [-0.15, -0.1) is 10.2 Å². The lowest BCUT2D eigenvalue weighted by atomic mass is 9.97. The van der Waals surface area contributed by atoms with E-state index in [2.05, 4.69) is 119 Å². The predicted octanol–water partition coefficient (Wildman–Crippen LogP) is 12.6. The normalized spacial score (nSPS) is 11.0. The SMILES string of the molecule is O=[N+]([O-])c1ccc(-n2nc3c(-c4ccc(N(c5ccccc5)c5ccccc5)cc4)ccc(-c4ccc(N(c5ccccc5)c5ccccc5)cc4)c3n2)cc1. The maximum Gasteiger partial charge on any atom is 0.269 e. The zero-order chi connectivity index (χ0) is 37.8. The summed E-state index contributed by atoms with van der Waals surface area (Å²) in [5.74, 6) is 0. The fourth-order valence-corrected chi connectivity index (χ4v) is 7.07. The molecule has 0 amide bonds. The Balaban J connectivity index is 1.13. The summed E-state index contributed by atoms with van der Waals surface area (Å²) in [6.45, 7) is 0. The zero-order valence-electron chi connectivity index (χ0n) is 30.1. The molecule has 9 aromatic rings. The highest BCUT2D eigenvalue weighted by atomic mass is 16.6. The van der Waals surface area contributed by atoms with Gasteiger partial charge in [0, 0.05) is 57.4 Å². The van der Waals surface area contributed by atoms with Crippen LogP contribution >= 0.6 is 0 Å². The lowest BCUT2D eigenvalue weighted by Gasteiger charge is -2.25. The highest BCUT2D eigenvalue weighted by Crippen LogP contribution is 2.40. The lowest BCUT2D eigenvalue weighted by molar-refractivity contribution is -0.384. The molecule has 268 valence electrons. The maximum atomic E-state index is 11.4. The van der Waals surface area contributed by atoms with E-state index in [1.54, 1.807) is 16.9 Å². The van der Waals surface area contributed by atoms with E-state index in [1.165, 1.54) is 12.1 Å². The molecular weight excluding hydrogens is 693 g/mol. The molecule has 0 aliphatic carbocycles. The number of nitrogens with zero attached hydrogens (tertiary/aromatic N) is 6. The number of nitro benzene ring substituents is 1. The second kappa shape index (κ2) is 14.9. The largest absolute Gasteiger partial charge is 0.311 e. The summed E-state index contributed by atoms with van der Waals surface area (Å²) in [5, 5.41) is 21.4. The molecule has 1 heterocycles. The van der Waals surface area contributed by atoms with Crippen molar-refractivity contribution in [3.63, 3.8) is 0 Å². The molecule has 0 unspecified atom stereocenters. The average molecular weight is 727 g/mol. The van der Waals surface area contributed by atoms with Gasteiger partial charge in [0.25, 0.3) is 5.69 Å². The highest BCUT2D eigenvalue weighted by Gasteiger charge is 2.19. The number of nitro groups is 1. The molecule has 0 spiro atoms. The first-order valence-electron chi connectivity index (χ1n) is 18.3. The van der Waals surface area contributed by atoms with E-state index in [-0.39, 0.29) is 5.69 Å². The molecule has 8 heteroatoms. The minimum atomic E-state index is -0.409. The molecule has 0 saturated carbocycles. The Morgan fingerprint density at radius 1 is 0.393 bits per heavy atom. The van der Waals surface area contributed by atoms with Crippen molar-refractivity contribution in [1.29, 1.82) is 0 Å². The molecule has 0 saturated heterocycles. The van der Waals surface area contributed by atoms with Crippen molar-refractivity contribution in [2.45, 2.75) is 0 Å². The fourth-order valence-electron chi connectivity index (χ4n) is 7.07. The topological polar surface area (TPSA) is 80.3 Å². The second-order valence-corrected chi connectivity index (χ2v) is 13.2. The minimum Gasteiger partial charge on any atom is -0.311 e. The number of aromatic nitrogens is 3. The first kappa shape index (κ1) is 34.0. The number of rotatable bonds is 10. The monoisotopic (exact) mass is 726 g/mol. The third kappa shape index (κ3) is 6.63. The van der Waals surface area contributed by atoms with E-state index in [4.69, 9.17) is 10.2 Å². The molecule has 0 bridgehead atoms. The maximum absolute atomic E-state index is 11.4. The van der Waals surface area contributed by atoms with Crippen molar-refractivity contribution >= 4 is 50.8 Å². The Hall–Kier alpha value is -7.84. The van der Waals surface area contributed by atoms with Gasteiger partial charge in [0.1, 0.15) is 11.0 Å². The van der Waals surface area contributed by atoms with E-state index in [0.717, 1.165) is 67.4 Å². The van der Waals surface area contributed by atoms with E-state index in [0.29, 0.717) is 5.69 Å². The highest BCUT2D eigenvalue weighted by molar-refractivity contribution is 6.01. The summed E-state index contributed by atoms with van der Waals surface area (Å²) in [4.78, 5) is 17.0. The van der Waals surface area contributed by atoms with Crippen LogP contribution in [-0.2, 0) is 0 Å². The van der Waals surface area contributed by atoms with Crippen LogP contribution in [0.3, 0.4) is 0 Å². The Kier molecular flexibility index (Phi) is 9.03. The summed E-state index contributed by atoms with van der Waals surface area (Å²) < 4.78 is 0. The molecule has 0 atom stereocenters. The number of hydrogen-bond donors (Lipinski definition) is 0. The molecular formula is C48H34N6O2. The van der Waals surface area contributed by atoms with Crippen molar-refractivity contribution in [2.24, 2.45) is 0 Å². The van der Waals surface area contributed by atoms with Crippen molar-refractivity contribution < 1.29 is 4.92 Å². The summed E-state index contributed by atoms with van der Waals surface area (Å²) in [6.07, 6.45) is 0. The van der Waals surface area contributed by atoms with E-state index in [9.17, 15) is 10.1 Å². The van der Waals surface area contributed by atoms with E-state index in [1.807, 2.05) is 72.8 Å². The van der Waals surface area contributed by atoms with Crippen molar-refractivity contribution in [3.8, 4) is 27.9 Å². The quantitative estimate of drug-likeness (QED) is 0.103.